The Morgan fingerprint density at radius 3 is 2.21 bits per heavy atom. The van der Waals surface area contributed by atoms with E-state index in [0.29, 0.717) is 17.2 Å². The maximum Gasteiger partial charge on any atom is 0.303 e. The number of halogens is 4. The largest absolute Gasteiger partial charge is 0.463 e. The van der Waals surface area contributed by atoms with Gasteiger partial charge in [-0.2, -0.15) is 0 Å². The molecule has 15 heteroatoms. The minimum absolute atomic E-state index is 0.0454. The van der Waals surface area contributed by atoms with Crippen LogP contribution in [0.4, 0.5) is 13.2 Å². The van der Waals surface area contributed by atoms with Crippen LogP contribution in [0, 0.1) is 17.5 Å². The van der Waals surface area contributed by atoms with Gasteiger partial charge in [-0.25, -0.2) is 17.9 Å². The molecule has 5 unspecified atom stereocenters. The molecule has 0 amide bonds. The topological polar surface area (TPSA) is 119 Å². The van der Waals surface area contributed by atoms with Crippen LogP contribution < -0.4 is 0 Å². The molecule has 1 fully saturated rings. The first-order valence-corrected chi connectivity index (χ1v) is 14.4. The first kappa shape index (κ1) is 32.3. The lowest BCUT2D eigenvalue weighted by atomic mass is 9.96. The summed E-state index contributed by atoms with van der Waals surface area (Å²) in [6, 6.07) is 7.68. The monoisotopic (exact) mass is 641 g/mol. The highest BCUT2D eigenvalue weighted by molar-refractivity contribution is 7.99. The van der Waals surface area contributed by atoms with Gasteiger partial charge in [-0.3, -0.25) is 14.4 Å². The second-order valence-corrected chi connectivity index (χ2v) is 11.2. The van der Waals surface area contributed by atoms with Crippen molar-refractivity contribution < 1.29 is 46.5 Å². The number of thioether (sulfide) groups is 1. The molecule has 1 aromatic heterocycles. The van der Waals surface area contributed by atoms with E-state index in [1.54, 1.807) is 12.1 Å². The number of aryl methyl sites for hydroxylation is 1. The number of esters is 3. The quantitative estimate of drug-likeness (QED) is 0.175. The summed E-state index contributed by atoms with van der Waals surface area (Å²) in [4.78, 5) is 36.1. The predicted molar refractivity (Wildman–Crippen MR) is 148 cm³/mol. The Labute approximate surface area is 253 Å². The second-order valence-electron chi connectivity index (χ2n) is 9.57. The van der Waals surface area contributed by atoms with E-state index in [4.69, 9.17) is 30.5 Å². The van der Waals surface area contributed by atoms with Gasteiger partial charge in [-0.05, 0) is 42.0 Å². The van der Waals surface area contributed by atoms with Gasteiger partial charge >= 0.3 is 17.9 Å². The Morgan fingerprint density at radius 2 is 1.60 bits per heavy atom. The van der Waals surface area contributed by atoms with Crippen LogP contribution in [0.1, 0.15) is 32.4 Å². The highest BCUT2D eigenvalue weighted by atomic mass is 35.5. The third-order valence-electron chi connectivity index (χ3n) is 6.35. The molecule has 0 N–H and O–H groups in total. The number of ether oxygens (including phenoxy) is 4. The van der Waals surface area contributed by atoms with Crippen molar-refractivity contribution in [3.8, 4) is 11.3 Å². The third-order valence-corrected chi connectivity index (χ3v) is 7.75. The van der Waals surface area contributed by atoms with E-state index in [9.17, 15) is 27.6 Å². The van der Waals surface area contributed by atoms with Gasteiger partial charge in [0.2, 0.25) is 0 Å². The van der Waals surface area contributed by atoms with Gasteiger partial charge in [0, 0.05) is 31.4 Å². The van der Waals surface area contributed by atoms with Crippen molar-refractivity contribution in [2.24, 2.45) is 0 Å². The molecule has 0 saturated carbocycles. The minimum atomic E-state index is -1.64. The number of rotatable bonds is 10. The summed E-state index contributed by atoms with van der Waals surface area (Å²) in [6.45, 7) is 3.23. The van der Waals surface area contributed by atoms with Gasteiger partial charge in [0.05, 0.1) is 6.20 Å². The maximum atomic E-state index is 14.0. The van der Waals surface area contributed by atoms with Crippen LogP contribution in [-0.4, -0.2) is 69.0 Å². The second kappa shape index (κ2) is 14.2. The van der Waals surface area contributed by atoms with Crippen LogP contribution in [0.3, 0.4) is 0 Å². The summed E-state index contributed by atoms with van der Waals surface area (Å²) in [7, 11) is 0. The first-order chi connectivity index (χ1) is 20.4. The highest BCUT2D eigenvalue weighted by Crippen LogP contribution is 2.39. The van der Waals surface area contributed by atoms with Crippen LogP contribution in [-0.2, 0) is 39.8 Å². The molecular formula is C28H27ClF3N3O7S. The fourth-order valence-corrected chi connectivity index (χ4v) is 5.86. The van der Waals surface area contributed by atoms with Crippen molar-refractivity contribution in [2.45, 2.75) is 57.0 Å². The summed E-state index contributed by atoms with van der Waals surface area (Å²) in [5, 5.41) is 8.63. The van der Waals surface area contributed by atoms with Crippen molar-refractivity contribution in [1.29, 1.82) is 0 Å². The molecule has 1 aliphatic rings. The Balaban J connectivity index is 1.72. The van der Waals surface area contributed by atoms with E-state index < -0.39 is 65.1 Å². The van der Waals surface area contributed by atoms with Crippen LogP contribution in [0.25, 0.3) is 11.3 Å². The van der Waals surface area contributed by atoms with Gasteiger partial charge in [0.1, 0.15) is 29.9 Å². The lowest BCUT2D eigenvalue weighted by molar-refractivity contribution is -0.212. The fourth-order valence-electron chi connectivity index (χ4n) is 4.52. The van der Waals surface area contributed by atoms with Crippen molar-refractivity contribution in [1.82, 2.24) is 15.0 Å². The average molecular weight is 642 g/mol. The molecule has 0 radical (unpaired) electrons. The third kappa shape index (κ3) is 8.27. The molecule has 5 atom stereocenters. The summed E-state index contributed by atoms with van der Waals surface area (Å²) in [5.41, 5.74) is -0.0480. The lowest BCUT2D eigenvalue weighted by Crippen LogP contribution is -2.58. The summed E-state index contributed by atoms with van der Waals surface area (Å²) in [6.07, 6.45) is -1.50. The summed E-state index contributed by atoms with van der Waals surface area (Å²) >= 11 is 7.27. The van der Waals surface area contributed by atoms with Crippen molar-refractivity contribution >= 4 is 41.3 Å². The number of nitrogens with zero attached hydrogens (tertiary/aromatic N) is 3. The van der Waals surface area contributed by atoms with E-state index in [2.05, 4.69) is 10.3 Å². The zero-order valence-corrected chi connectivity index (χ0v) is 24.7. The smallest absolute Gasteiger partial charge is 0.303 e. The molecule has 2 heterocycles. The number of carbonyl (C=O) groups excluding carboxylic acids is 3. The van der Waals surface area contributed by atoms with Gasteiger partial charge in [-0.15, -0.1) is 16.9 Å². The molecule has 1 aliphatic heterocycles. The molecule has 0 bridgehead atoms. The van der Waals surface area contributed by atoms with Crippen molar-refractivity contribution in [3.05, 3.63) is 70.6 Å². The Bertz CT molecular complexity index is 1450. The number of benzene rings is 2. The molecule has 0 aliphatic carbocycles. The van der Waals surface area contributed by atoms with Gasteiger partial charge in [0.15, 0.2) is 29.7 Å². The molecule has 43 heavy (non-hydrogen) atoms. The molecule has 0 spiro atoms. The minimum Gasteiger partial charge on any atom is -0.463 e. The van der Waals surface area contributed by atoms with Gasteiger partial charge in [0.25, 0.3) is 0 Å². The number of hydrogen-bond donors (Lipinski definition) is 0. The van der Waals surface area contributed by atoms with Crippen LogP contribution in [0.2, 0.25) is 5.02 Å². The molecule has 3 aromatic rings. The number of carbonyl (C=O) groups is 3. The predicted octanol–water partition coefficient (Wildman–Crippen LogP) is 4.68. The Kier molecular flexibility index (Phi) is 10.7. The number of aromatic nitrogens is 3. The first-order valence-electron chi connectivity index (χ1n) is 13.0. The zero-order chi connectivity index (χ0) is 31.3. The molecule has 2 aromatic carbocycles. The van der Waals surface area contributed by atoms with E-state index in [0.717, 1.165) is 24.6 Å². The molecule has 10 nitrogen and oxygen atoms in total. The lowest BCUT2D eigenvalue weighted by Gasteiger charge is -2.44. The van der Waals surface area contributed by atoms with E-state index in [1.807, 2.05) is 12.1 Å². The fraction of sp³-hybridized carbons (Fsp3) is 0.393. The van der Waals surface area contributed by atoms with E-state index >= 15 is 0 Å². The molecule has 1 saturated heterocycles. The van der Waals surface area contributed by atoms with Gasteiger partial charge in [-0.1, -0.05) is 28.9 Å². The Morgan fingerprint density at radius 1 is 0.977 bits per heavy atom. The summed E-state index contributed by atoms with van der Waals surface area (Å²) in [5.74, 6) is -6.01. The van der Waals surface area contributed by atoms with Crippen molar-refractivity contribution in [2.75, 3.05) is 12.4 Å². The van der Waals surface area contributed by atoms with Crippen LogP contribution in [0.15, 0.2) is 42.6 Å². The van der Waals surface area contributed by atoms with E-state index in [-0.39, 0.29) is 17.9 Å². The standard InChI is InChI=1S/C28H27ClF3N3O7S/c1-14(36)39-13-23-26(40-15(2)37)25(35-12-22(33-34-35)18-10-20(30)24(32)21(31)11-18)27(41-16(3)38)28(42-23)43-9-8-17-4-6-19(29)7-5-17/h4-7,10-12,23,25-28H,8-9,13H2,1-3H3. The van der Waals surface area contributed by atoms with Crippen LogP contribution >= 0.6 is 23.4 Å². The Hall–Kier alpha value is -3.62. The summed E-state index contributed by atoms with van der Waals surface area (Å²) < 4.78 is 65.4. The highest BCUT2D eigenvalue weighted by Gasteiger charge is 2.51. The SMILES string of the molecule is CC(=O)OCC1OC(SCCc2ccc(Cl)cc2)C(OC(C)=O)C(n2cc(-c3cc(F)c(F)c(F)c3)nn2)C1OC(C)=O. The average Bonchev–Trinajstić information content (AvgIpc) is 3.42. The van der Waals surface area contributed by atoms with Gasteiger partial charge < -0.3 is 18.9 Å². The number of hydrogen-bond acceptors (Lipinski definition) is 10. The molecular weight excluding hydrogens is 615 g/mol. The maximum absolute atomic E-state index is 14.0. The zero-order valence-electron chi connectivity index (χ0n) is 23.2. The normalized spacial score (nSPS) is 21.7. The van der Waals surface area contributed by atoms with E-state index in [1.165, 1.54) is 36.5 Å². The van der Waals surface area contributed by atoms with Crippen LogP contribution in [0.5, 0.6) is 0 Å². The molecule has 230 valence electrons. The molecule has 4 rings (SSSR count). The van der Waals surface area contributed by atoms with Crippen molar-refractivity contribution in [3.63, 3.8) is 0 Å².